The first-order valence-corrected chi connectivity index (χ1v) is 20.9. The lowest BCUT2D eigenvalue weighted by molar-refractivity contribution is 0.0974. The number of pyridine rings is 1. The summed E-state index contributed by atoms with van der Waals surface area (Å²) in [4.78, 5) is 31.3. The number of urea groups is 1. The van der Waals surface area contributed by atoms with Crippen LogP contribution in [-0.2, 0) is 22.8 Å². The Kier molecular flexibility index (Phi) is 14.9. The normalized spacial score (nSPS) is 13.6. The first-order valence-electron chi connectivity index (χ1n) is 19.4. The minimum absolute atomic E-state index is 0. The topological polar surface area (TPSA) is 171 Å². The molecule has 1 aromatic heterocycles. The Hall–Kier alpha value is -5.50. The van der Waals surface area contributed by atoms with Crippen LogP contribution in [0.5, 0.6) is 23.0 Å². The number of aromatic nitrogens is 1. The molecule has 2 amide bonds. The first kappa shape index (κ1) is 43.6. The van der Waals surface area contributed by atoms with Crippen LogP contribution in [0.25, 0.3) is 10.8 Å². The van der Waals surface area contributed by atoms with Crippen molar-refractivity contribution in [1.29, 1.82) is 0 Å². The molecule has 6 N–H and O–H groups in total. The van der Waals surface area contributed by atoms with Crippen LogP contribution in [-0.4, -0.2) is 60.0 Å². The van der Waals surface area contributed by atoms with Crippen LogP contribution in [0.3, 0.4) is 0 Å². The van der Waals surface area contributed by atoms with Crippen molar-refractivity contribution in [3.63, 3.8) is 0 Å². The molecule has 0 saturated carbocycles. The van der Waals surface area contributed by atoms with Gasteiger partial charge in [0.25, 0.3) is 0 Å². The Morgan fingerprint density at radius 3 is 2.29 bits per heavy atom. The Morgan fingerprint density at radius 2 is 1.59 bits per heavy atom. The van der Waals surface area contributed by atoms with E-state index in [0.717, 1.165) is 53.5 Å². The van der Waals surface area contributed by atoms with Gasteiger partial charge in [0.2, 0.25) is 0 Å². The molecule has 4 aromatic carbocycles. The molecule has 13 heteroatoms. The van der Waals surface area contributed by atoms with Gasteiger partial charge in [-0.3, -0.25) is 9.78 Å². The third-order valence-electron chi connectivity index (χ3n) is 10.2. The smallest absolute Gasteiger partial charge is 0.323 e. The summed E-state index contributed by atoms with van der Waals surface area (Å²) in [7, 11) is 1.75. The van der Waals surface area contributed by atoms with Crippen LogP contribution in [0.2, 0.25) is 0 Å². The van der Waals surface area contributed by atoms with E-state index in [1.54, 1.807) is 25.4 Å². The zero-order chi connectivity index (χ0) is 40.5. The highest BCUT2D eigenvalue weighted by Crippen LogP contribution is 2.40. The number of nitrogens with zero attached hydrogens (tertiary/aromatic N) is 1. The number of amides is 2. The van der Waals surface area contributed by atoms with Crippen molar-refractivity contribution in [1.82, 2.24) is 10.3 Å². The molecular formula is C45H55N5O7S. The molecule has 1 saturated heterocycles. The second-order valence-corrected chi connectivity index (χ2v) is 16.6. The number of nitrogens with one attached hydrogen (secondary N) is 4. The van der Waals surface area contributed by atoms with Gasteiger partial charge in [0.1, 0.15) is 28.2 Å². The van der Waals surface area contributed by atoms with E-state index in [2.05, 4.69) is 46.4 Å². The molecule has 1 fully saturated rings. The highest BCUT2D eigenvalue weighted by Gasteiger charge is 2.22. The molecule has 1 unspecified atom stereocenters. The SMILES string of the molecule is COc1cc(Cc2cc(Oc3ccc(NC(=O)Nc4cc(C(C)(C)C)cc(NS(C)=O)c4OC)c4ccccc34)ccn2)ccc1C(=O)CCCC1CCNCC1.O. The van der Waals surface area contributed by atoms with Gasteiger partial charge in [0.05, 0.1) is 36.8 Å². The molecule has 308 valence electrons. The fourth-order valence-corrected chi connectivity index (χ4v) is 7.70. The molecule has 0 bridgehead atoms. The third-order valence-corrected chi connectivity index (χ3v) is 10.7. The van der Waals surface area contributed by atoms with Gasteiger partial charge < -0.3 is 40.4 Å². The molecule has 0 radical (unpaired) electrons. The molecule has 0 aliphatic carbocycles. The van der Waals surface area contributed by atoms with E-state index in [4.69, 9.17) is 14.2 Å². The largest absolute Gasteiger partial charge is 0.496 e. The Morgan fingerprint density at radius 1 is 0.862 bits per heavy atom. The number of rotatable bonds is 15. The average molecular weight is 810 g/mol. The quantitative estimate of drug-likeness (QED) is 0.0760. The van der Waals surface area contributed by atoms with Crippen LogP contribution < -0.4 is 34.9 Å². The van der Waals surface area contributed by atoms with Gasteiger partial charge in [-0.1, -0.05) is 51.1 Å². The zero-order valence-electron chi connectivity index (χ0n) is 34.1. The van der Waals surface area contributed by atoms with Crippen LogP contribution in [0.1, 0.15) is 80.1 Å². The Labute approximate surface area is 343 Å². The summed E-state index contributed by atoms with van der Waals surface area (Å²) in [5, 5.41) is 10.9. The van der Waals surface area contributed by atoms with Crippen molar-refractivity contribution in [2.75, 3.05) is 48.9 Å². The number of hydrogen-bond acceptors (Lipinski definition) is 8. The number of hydrogen-bond donors (Lipinski definition) is 4. The maximum Gasteiger partial charge on any atom is 0.323 e. The molecule has 1 aliphatic rings. The molecular weight excluding hydrogens is 755 g/mol. The summed E-state index contributed by atoms with van der Waals surface area (Å²) in [5.41, 5.74) is 4.60. The molecule has 0 spiro atoms. The van der Waals surface area contributed by atoms with Crippen molar-refractivity contribution < 1.29 is 33.5 Å². The number of fused-ring (bicyclic) bond motifs is 1. The van der Waals surface area contributed by atoms with Crippen molar-refractivity contribution in [2.24, 2.45) is 5.92 Å². The van der Waals surface area contributed by atoms with E-state index in [-0.39, 0.29) is 16.7 Å². The number of anilines is 3. The lowest BCUT2D eigenvalue weighted by Gasteiger charge is -2.24. The van der Waals surface area contributed by atoms with Gasteiger partial charge in [-0.05, 0) is 104 Å². The van der Waals surface area contributed by atoms with Gasteiger partial charge in [-0.15, -0.1) is 0 Å². The lowest BCUT2D eigenvalue weighted by atomic mass is 9.86. The standard InChI is InChI=1S/C45H53N5O6S.H2O/c1-45(2,3)31-26-38(43(55-5)39(27-31)50-57(6)53)49-44(52)48-37-16-17-41(35-12-8-7-11-34(35)37)56-33-20-23-47-32(28-33)24-30-14-15-36(42(25-30)54-4)40(51)13-9-10-29-18-21-46-22-19-29;/h7-8,11-12,14-17,20,23,25-29,46,50H,9-10,13,18-19,21-22,24H2,1-6H3,(H2,48,49,52);1H2. The van der Waals surface area contributed by atoms with Gasteiger partial charge in [-0.2, -0.15) is 0 Å². The van der Waals surface area contributed by atoms with Crippen LogP contribution in [0, 0.1) is 5.92 Å². The molecule has 5 aromatic rings. The van der Waals surface area contributed by atoms with Gasteiger partial charge >= 0.3 is 6.03 Å². The fraction of sp³-hybridized carbons (Fsp3) is 0.356. The summed E-state index contributed by atoms with van der Waals surface area (Å²) in [6, 6.07) is 24.1. The third kappa shape index (κ3) is 11.1. The summed E-state index contributed by atoms with van der Waals surface area (Å²) in [5.74, 6) is 2.99. The summed E-state index contributed by atoms with van der Waals surface area (Å²) >= 11 is 0. The van der Waals surface area contributed by atoms with E-state index >= 15 is 0 Å². The molecule has 1 atom stereocenters. The number of piperidine rings is 1. The van der Waals surface area contributed by atoms with E-state index in [9.17, 15) is 13.8 Å². The fourth-order valence-electron chi connectivity index (χ4n) is 7.24. The summed E-state index contributed by atoms with van der Waals surface area (Å²) < 4.78 is 32.8. The van der Waals surface area contributed by atoms with E-state index in [1.165, 1.54) is 26.2 Å². The minimum Gasteiger partial charge on any atom is -0.496 e. The van der Waals surface area contributed by atoms with Crippen molar-refractivity contribution in [3.8, 4) is 23.0 Å². The number of Topliss-reactive ketones (excluding diaryl/α,β-unsaturated/α-hetero) is 1. The van der Waals surface area contributed by atoms with Gasteiger partial charge in [0, 0.05) is 47.8 Å². The van der Waals surface area contributed by atoms with E-state index in [0.29, 0.717) is 64.4 Å². The summed E-state index contributed by atoms with van der Waals surface area (Å²) in [6.45, 7) is 8.32. The van der Waals surface area contributed by atoms with Gasteiger partial charge in [0.15, 0.2) is 11.5 Å². The highest BCUT2D eigenvalue weighted by molar-refractivity contribution is 7.85. The van der Waals surface area contributed by atoms with Crippen LogP contribution >= 0.6 is 0 Å². The number of carbonyl (C=O) groups excluding carboxylic acids is 2. The lowest BCUT2D eigenvalue weighted by Crippen LogP contribution is -2.27. The van der Waals surface area contributed by atoms with E-state index in [1.807, 2.05) is 66.7 Å². The predicted octanol–water partition coefficient (Wildman–Crippen LogP) is 8.81. The van der Waals surface area contributed by atoms with Gasteiger partial charge in [-0.25, -0.2) is 9.00 Å². The molecule has 1 aliphatic heterocycles. The molecule has 58 heavy (non-hydrogen) atoms. The average Bonchev–Trinajstić information content (AvgIpc) is 3.18. The van der Waals surface area contributed by atoms with Crippen molar-refractivity contribution in [3.05, 3.63) is 107 Å². The molecule has 12 nitrogen and oxygen atoms in total. The second-order valence-electron chi connectivity index (χ2n) is 15.5. The number of carbonyl (C=O) groups is 2. The monoisotopic (exact) mass is 809 g/mol. The number of ketones is 1. The maximum absolute atomic E-state index is 13.5. The maximum atomic E-state index is 13.5. The first-order chi connectivity index (χ1) is 27.4. The highest BCUT2D eigenvalue weighted by atomic mass is 32.2. The van der Waals surface area contributed by atoms with Crippen molar-refractivity contribution >= 4 is 50.6 Å². The van der Waals surface area contributed by atoms with E-state index < -0.39 is 17.0 Å². The number of methoxy groups -OCH3 is 2. The Bertz CT molecular complexity index is 2250. The van der Waals surface area contributed by atoms with Crippen LogP contribution in [0.15, 0.2) is 85.1 Å². The Balaban J connectivity index is 0.00000641. The second kappa shape index (κ2) is 19.8. The summed E-state index contributed by atoms with van der Waals surface area (Å²) in [6.07, 6.45) is 8.63. The molecule has 2 heterocycles. The minimum atomic E-state index is -1.36. The van der Waals surface area contributed by atoms with Crippen molar-refractivity contribution in [2.45, 2.75) is 64.7 Å². The predicted molar refractivity (Wildman–Crippen MR) is 233 cm³/mol. The molecule has 6 rings (SSSR count). The zero-order valence-corrected chi connectivity index (χ0v) is 34.9. The number of benzene rings is 4. The number of ether oxygens (including phenoxy) is 3. The van der Waals surface area contributed by atoms with Crippen LogP contribution in [0.4, 0.5) is 21.9 Å².